The highest BCUT2D eigenvalue weighted by Crippen LogP contribution is 2.33. The molecule has 0 saturated heterocycles. The van der Waals surface area contributed by atoms with Gasteiger partial charge in [-0.25, -0.2) is 0 Å². The van der Waals surface area contributed by atoms with Crippen LogP contribution in [0.3, 0.4) is 0 Å². The Hall–Kier alpha value is -2.05. The predicted molar refractivity (Wildman–Crippen MR) is 64.5 cm³/mol. The molecule has 0 spiro atoms. The van der Waals surface area contributed by atoms with Gasteiger partial charge in [0.1, 0.15) is 5.69 Å². The topological polar surface area (TPSA) is 42.7 Å². The van der Waals surface area contributed by atoms with Gasteiger partial charge in [0.2, 0.25) is 0 Å². The zero-order chi connectivity index (χ0) is 14.0. The first kappa shape index (κ1) is 13.4. The number of alkyl halides is 3. The molecule has 0 amide bonds. The number of aromatic nitrogens is 3. The Morgan fingerprint density at radius 3 is 2.63 bits per heavy atom. The quantitative estimate of drug-likeness (QED) is 0.932. The fourth-order valence-electron chi connectivity index (χ4n) is 1.71. The second-order valence-electron chi connectivity index (χ2n) is 4.26. The van der Waals surface area contributed by atoms with Crippen molar-refractivity contribution in [3.05, 3.63) is 41.2 Å². The van der Waals surface area contributed by atoms with Crippen molar-refractivity contribution in [2.45, 2.75) is 19.6 Å². The molecule has 0 unspecified atom stereocenters. The summed E-state index contributed by atoms with van der Waals surface area (Å²) in [5, 5.41) is 10.5. The standard InChI is InChI=1S/C12H13F3N4/c1-8-3-4-9(5-11(8)12(13,14)15)16-6-10-7-19(2)18-17-10/h3-5,7,16H,6H2,1-2H3. The largest absolute Gasteiger partial charge is 0.416 e. The first-order chi connectivity index (χ1) is 8.86. The zero-order valence-electron chi connectivity index (χ0n) is 10.5. The van der Waals surface area contributed by atoms with Crippen molar-refractivity contribution in [1.82, 2.24) is 15.0 Å². The number of benzene rings is 1. The summed E-state index contributed by atoms with van der Waals surface area (Å²) in [7, 11) is 1.73. The lowest BCUT2D eigenvalue weighted by Crippen LogP contribution is -2.09. The van der Waals surface area contributed by atoms with Gasteiger partial charge in [0.05, 0.1) is 12.1 Å². The average Bonchev–Trinajstić information content (AvgIpc) is 2.72. The second kappa shape index (κ2) is 4.91. The van der Waals surface area contributed by atoms with Crippen molar-refractivity contribution in [2.75, 3.05) is 5.32 Å². The Morgan fingerprint density at radius 1 is 1.32 bits per heavy atom. The third-order valence-corrected chi connectivity index (χ3v) is 2.67. The highest BCUT2D eigenvalue weighted by molar-refractivity contribution is 5.49. The minimum absolute atomic E-state index is 0.206. The molecule has 0 aliphatic carbocycles. The fourth-order valence-corrected chi connectivity index (χ4v) is 1.71. The number of nitrogens with zero attached hydrogens (tertiary/aromatic N) is 3. The summed E-state index contributed by atoms with van der Waals surface area (Å²) in [6, 6.07) is 4.16. The fraction of sp³-hybridized carbons (Fsp3) is 0.333. The van der Waals surface area contributed by atoms with Crippen molar-refractivity contribution < 1.29 is 13.2 Å². The number of aryl methyl sites for hydroxylation is 2. The van der Waals surface area contributed by atoms with Crippen molar-refractivity contribution in [2.24, 2.45) is 7.05 Å². The summed E-state index contributed by atoms with van der Waals surface area (Å²) in [4.78, 5) is 0. The van der Waals surface area contributed by atoms with E-state index in [0.29, 0.717) is 17.9 Å². The molecule has 0 saturated carbocycles. The molecule has 1 aromatic carbocycles. The van der Waals surface area contributed by atoms with Gasteiger partial charge in [-0.1, -0.05) is 11.3 Å². The van der Waals surface area contributed by atoms with E-state index >= 15 is 0 Å². The van der Waals surface area contributed by atoms with E-state index in [9.17, 15) is 13.2 Å². The molecule has 0 aliphatic rings. The minimum Gasteiger partial charge on any atom is -0.379 e. The molecule has 4 nitrogen and oxygen atoms in total. The third-order valence-electron chi connectivity index (χ3n) is 2.67. The van der Waals surface area contributed by atoms with E-state index in [2.05, 4.69) is 15.6 Å². The van der Waals surface area contributed by atoms with E-state index in [-0.39, 0.29) is 5.56 Å². The van der Waals surface area contributed by atoms with Crippen LogP contribution < -0.4 is 5.32 Å². The number of rotatable bonds is 3. The maximum atomic E-state index is 12.7. The molecule has 2 aromatic rings. The molecular weight excluding hydrogens is 257 g/mol. The van der Waals surface area contributed by atoms with E-state index in [1.54, 1.807) is 19.3 Å². The van der Waals surface area contributed by atoms with E-state index in [4.69, 9.17) is 0 Å². The number of hydrogen-bond donors (Lipinski definition) is 1. The number of nitrogens with one attached hydrogen (secondary N) is 1. The van der Waals surface area contributed by atoms with Crippen LogP contribution in [0.5, 0.6) is 0 Å². The van der Waals surface area contributed by atoms with Crippen LogP contribution in [0.25, 0.3) is 0 Å². The molecule has 0 aliphatic heterocycles. The lowest BCUT2D eigenvalue weighted by Gasteiger charge is -2.12. The Morgan fingerprint density at radius 2 is 2.05 bits per heavy atom. The van der Waals surface area contributed by atoms with Crippen molar-refractivity contribution in [1.29, 1.82) is 0 Å². The molecule has 2 rings (SSSR count). The lowest BCUT2D eigenvalue weighted by atomic mass is 10.1. The van der Waals surface area contributed by atoms with Gasteiger partial charge in [0.15, 0.2) is 0 Å². The van der Waals surface area contributed by atoms with Crippen LogP contribution in [-0.2, 0) is 19.8 Å². The Labute approximate surface area is 108 Å². The van der Waals surface area contributed by atoms with Gasteiger partial charge in [-0.3, -0.25) is 4.68 Å². The van der Waals surface area contributed by atoms with E-state index < -0.39 is 11.7 Å². The molecule has 0 atom stereocenters. The van der Waals surface area contributed by atoms with E-state index in [1.165, 1.54) is 17.7 Å². The first-order valence-corrected chi connectivity index (χ1v) is 5.63. The zero-order valence-corrected chi connectivity index (χ0v) is 10.5. The van der Waals surface area contributed by atoms with Crippen LogP contribution in [0.2, 0.25) is 0 Å². The molecule has 1 aromatic heterocycles. The van der Waals surface area contributed by atoms with Crippen LogP contribution >= 0.6 is 0 Å². The summed E-state index contributed by atoms with van der Waals surface area (Å²) >= 11 is 0. The normalized spacial score (nSPS) is 11.6. The van der Waals surface area contributed by atoms with Crippen LogP contribution in [0, 0.1) is 6.92 Å². The number of hydrogen-bond acceptors (Lipinski definition) is 3. The summed E-state index contributed by atoms with van der Waals surface area (Å²) in [6.45, 7) is 1.77. The molecule has 7 heteroatoms. The highest BCUT2D eigenvalue weighted by Gasteiger charge is 2.32. The smallest absolute Gasteiger partial charge is 0.379 e. The lowest BCUT2D eigenvalue weighted by molar-refractivity contribution is -0.138. The van der Waals surface area contributed by atoms with Crippen molar-refractivity contribution in [3.63, 3.8) is 0 Å². The van der Waals surface area contributed by atoms with Gasteiger partial charge in [0, 0.05) is 18.9 Å². The third kappa shape index (κ3) is 3.24. The Balaban J connectivity index is 2.13. The molecular formula is C12H13F3N4. The Bertz CT molecular complexity index is 575. The van der Waals surface area contributed by atoms with Crippen LogP contribution in [0.4, 0.5) is 18.9 Å². The molecule has 102 valence electrons. The van der Waals surface area contributed by atoms with Crippen LogP contribution in [0.1, 0.15) is 16.8 Å². The second-order valence-corrected chi connectivity index (χ2v) is 4.26. The van der Waals surface area contributed by atoms with E-state index in [1.807, 2.05) is 0 Å². The van der Waals surface area contributed by atoms with Gasteiger partial charge in [-0.15, -0.1) is 5.10 Å². The minimum atomic E-state index is -4.34. The molecule has 0 bridgehead atoms. The van der Waals surface area contributed by atoms with Gasteiger partial charge in [0.25, 0.3) is 0 Å². The molecule has 1 N–H and O–H groups in total. The maximum Gasteiger partial charge on any atom is 0.416 e. The van der Waals surface area contributed by atoms with Gasteiger partial charge >= 0.3 is 6.18 Å². The predicted octanol–water partition coefficient (Wildman–Crippen LogP) is 2.75. The maximum absolute atomic E-state index is 12.7. The van der Waals surface area contributed by atoms with Crippen LogP contribution in [0.15, 0.2) is 24.4 Å². The summed E-state index contributed by atoms with van der Waals surface area (Å²) in [5.74, 6) is 0. The van der Waals surface area contributed by atoms with Gasteiger partial charge in [-0.2, -0.15) is 13.2 Å². The molecule has 19 heavy (non-hydrogen) atoms. The number of anilines is 1. The first-order valence-electron chi connectivity index (χ1n) is 5.63. The summed E-state index contributed by atoms with van der Waals surface area (Å²) in [5.41, 5.74) is 0.648. The monoisotopic (exact) mass is 270 g/mol. The average molecular weight is 270 g/mol. The van der Waals surface area contributed by atoms with E-state index in [0.717, 1.165) is 6.07 Å². The highest BCUT2D eigenvalue weighted by atomic mass is 19.4. The SMILES string of the molecule is Cc1ccc(NCc2cn(C)nn2)cc1C(F)(F)F. The Kier molecular flexibility index (Phi) is 3.46. The summed E-state index contributed by atoms with van der Waals surface area (Å²) < 4.78 is 39.8. The van der Waals surface area contributed by atoms with Gasteiger partial charge in [-0.05, 0) is 24.6 Å². The molecule has 0 radical (unpaired) electrons. The van der Waals surface area contributed by atoms with Crippen molar-refractivity contribution in [3.8, 4) is 0 Å². The van der Waals surface area contributed by atoms with Gasteiger partial charge < -0.3 is 5.32 Å². The summed E-state index contributed by atoms with van der Waals surface area (Å²) in [6.07, 6.45) is -2.64. The van der Waals surface area contributed by atoms with Crippen molar-refractivity contribution >= 4 is 5.69 Å². The van der Waals surface area contributed by atoms with Crippen LogP contribution in [-0.4, -0.2) is 15.0 Å². The molecule has 1 heterocycles. The number of halogens is 3. The molecule has 0 fully saturated rings.